The molecule has 3 heteroatoms. The second-order valence-electron chi connectivity index (χ2n) is 5.18. The minimum Gasteiger partial charge on any atom is -0.376 e. The second-order valence-corrected chi connectivity index (χ2v) is 5.63. The zero-order valence-corrected chi connectivity index (χ0v) is 12.3. The van der Waals surface area contributed by atoms with Gasteiger partial charge in [-0.3, -0.25) is 4.90 Å². The maximum atomic E-state index is 5.54. The van der Waals surface area contributed by atoms with Crippen LogP contribution in [0.3, 0.4) is 0 Å². The molecule has 0 bridgehead atoms. The Hall–Kier alpha value is 0.270. The van der Waals surface area contributed by atoms with Gasteiger partial charge in [0.15, 0.2) is 0 Å². The lowest BCUT2D eigenvalue weighted by Gasteiger charge is -2.30. The summed E-state index contributed by atoms with van der Waals surface area (Å²) in [6, 6.07) is 0. The molecule has 0 aromatic heterocycles. The molecule has 1 fully saturated rings. The number of rotatable bonds is 9. The van der Waals surface area contributed by atoms with Crippen molar-refractivity contribution in [3.8, 4) is 0 Å². The van der Waals surface area contributed by atoms with Crippen LogP contribution in [-0.4, -0.2) is 43.0 Å². The second kappa shape index (κ2) is 10.2. The first-order chi connectivity index (χ1) is 8.33. The molecule has 0 radical (unpaired) electrons. The zero-order chi connectivity index (χ0) is 12.3. The average molecular weight is 259 g/mol. The Morgan fingerprint density at radius 1 is 1.06 bits per heavy atom. The number of morpholine rings is 1. The highest BCUT2D eigenvalue weighted by Crippen LogP contribution is 2.10. The standard InChI is InChI=1S/C14H29NOS/c1-14-13-15(10-11-16-14)9-7-5-3-2-4-6-8-12-17/h14,17H,2-13H2,1H3. The van der Waals surface area contributed by atoms with E-state index in [4.69, 9.17) is 4.74 Å². The molecule has 0 amide bonds. The van der Waals surface area contributed by atoms with Gasteiger partial charge in [0.05, 0.1) is 12.7 Å². The Kier molecular flexibility index (Phi) is 9.21. The van der Waals surface area contributed by atoms with Gasteiger partial charge < -0.3 is 4.74 Å². The Morgan fingerprint density at radius 2 is 1.71 bits per heavy atom. The molecule has 17 heavy (non-hydrogen) atoms. The molecule has 0 aromatic rings. The highest BCUT2D eigenvalue weighted by molar-refractivity contribution is 7.80. The Balaban J connectivity index is 1.83. The molecule has 0 saturated carbocycles. The summed E-state index contributed by atoms with van der Waals surface area (Å²) in [6.07, 6.45) is 10.1. The Bertz CT molecular complexity index is 178. The van der Waals surface area contributed by atoms with E-state index in [1.54, 1.807) is 0 Å². The van der Waals surface area contributed by atoms with E-state index < -0.39 is 0 Å². The molecule has 2 nitrogen and oxygen atoms in total. The molecule has 1 aliphatic heterocycles. The summed E-state index contributed by atoms with van der Waals surface area (Å²) in [7, 11) is 0. The molecular weight excluding hydrogens is 230 g/mol. The monoisotopic (exact) mass is 259 g/mol. The highest BCUT2D eigenvalue weighted by atomic mass is 32.1. The molecule has 0 spiro atoms. The number of thiol groups is 1. The van der Waals surface area contributed by atoms with Crippen LogP contribution in [0.5, 0.6) is 0 Å². The minimum absolute atomic E-state index is 0.435. The normalized spacial score (nSPS) is 21.9. The molecule has 0 aromatic carbocycles. The van der Waals surface area contributed by atoms with E-state index >= 15 is 0 Å². The molecule has 1 aliphatic rings. The number of hydrogen-bond acceptors (Lipinski definition) is 3. The van der Waals surface area contributed by atoms with Gasteiger partial charge in [0.2, 0.25) is 0 Å². The maximum Gasteiger partial charge on any atom is 0.0674 e. The lowest BCUT2D eigenvalue weighted by Crippen LogP contribution is -2.41. The van der Waals surface area contributed by atoms with Gasteiger partial charge >= 0.3 is 0 Å². The molecular formula is C14H29NOS. The smallest absolute Gasteiger partial charge is 0.0674 e. The third-order valence-electron chi connectivity index (χ3n) is 3.46. The van der Waals surface area contributed by atoms with Crippen molar-refractivity contribution in [3.63, 3.8) is 0 Å². The highest BCUT2D eigenvalue weighted by Gasteiger charge is 2.15. The van der Waals surface area contributed by atoms with Crippen molar-refractivity contribution in [2.24, 2.45) is 0 Å². The van der Waals surface area contributed by atoms with E-state index in [0.717, 1.165) is 25.4 Å². The van der Waals surface area contributed by atoms with E-state index in [1.165, 1.54) is 51.5 Å². The summed E-state index contributed by atoms with van der Waals surface area (Å²) in [4.78, 5) is 2.55. The van der Waals surface area contributed by atoms with Crippen molar-refractivity contribution in [3.05, 3.63) is 0 Å². The molecule has 1 atom stereocenters. The van der Waals surface area contributed by atoms with E-state index in [-0.39, 0.29) is 0 Å². The number of hydrogen-bond donors (Lipinski definition) is 1. The summed E-state index contributed by atoms with van der Waals surface area (Å²) >= 11 is 4.23. The van der Waals surface area contributed by atoms with Gasteiger partial charge in [-0.1, -0.05) is 32.1 Å². The molecule has 0 N–H and O–H groups in total. The third kappa shape index (κ3) is 8.06. The van der Waals surface area contributed by atoms with Crippen molar-refractivity contribution < 1.29 is 4.74 Å². The predicted molar refractivity (Wildman–Crippen MR) is 78.0 cm³/mol. The van der Waals surface area contributed by atoms with Crippen molar-refractivity contribution in [2.45, 2.75) is 58.0 Å². The third-order valence-corrected chi connectivity index (χ3v) is 3.77. The Morgan fingerprint density at radius 3 is 2.35 bits per heavy atom. The molecule has 1 unspecified atom stereocenters. The summed E-state index contributed by atoms with van der Waals surface area (Å²) in [5.74, 6) is 1.05. The zero-order valence-electron chi connectivity index (χ0n) is 11.4. The van der Waals surface area contributed by atoms with Crippen LogP contribution in [0, 0.1) is 0 Å². The van der Waals surface area contributed by atoms with Crippen molar-refractivity contribution in [1.29, 1.82) is 0 Å². The van der Waals surface area contributed by atoms with Crippen LogP contribution in [0.2, 0.25) is 0 Å². The van der Waals surface area contributed by atoms with Gasteiger partial charge in [-0.25, -0.2) is 0 Å². The van der Waals surface area contributed by atoms with Gasteiger partial charge in [-0.05, 0) is 32.1 Å². The van der Waals surface area contributed by atoms with Crippen LogP contribution in [0.15, 0.2) is 0 Å². The van der Waals surface area contributed by atoms with E-state index in [1.807, 2.05) is 0 Å². The number of ether oxygens (including phenoxy) is 1. The first-order valence-corrected chi connectivity index (χ1v) is 7.91. The van der Waals surface area contributed by atoms with Gasteiger partial charge in [0.25, 0.3) is 0 Å². The van der Waals surface area contributed by atoms with Gasteiger partial charge in [0, 0.05) is 13.1 Å². The van der Waals surface area contributed by atoms with Gasteiger partial charge in [0.1, 0.15) is 0 Å². The fourth-order valence-corrected chi connectivity index (χ4v) is 2.65. The lowest BCUT2D eigenvalue weighted by molar-refractivity contribution is -0.0186. The molecule has 1 saturated heterocycles. The van der Waals surface area contributed by atoms with Crippen molar-refractivity contribution in [2.75, 3.05) is 32.0 Å². The van der Waals surface area contributed by atoms with Crippen LogP contribution in [0.1, 0.15) is 51.9 Å². The largest absolute Gasteiger partial charge is 0.376 e. The van der Waals surface area contributed by atoms with Crippen LogP contribution >= 0.6 is 12.6 Å². The fraction of sp³-hybridized carbons (Fsp3) is 1.00. The van der Waals surface area contributed by atoms with Gasteiger partial charge in [-0.2, -0.15) is 12.6 Å². The molecule has 0 aliphatic carbocycles. The van der Waals surface area contributed by atoms with Crippen LogP contribution in [0.4, 0.5) is 0 Å². The topological polar surface area (TPSA) is 12.5 Å². The lowest BCUT2D eigenvalue weighted by atomic mass is 10.1. The van der Waals surface area contributed by atoms with Gasteiger partial charge in [-0.15, -0.1) is 0 Å². The summed E-state index contributed by atoms with van der Waals surface area (Å²) < 4.78 is 5.54. The summed E-state index contributed by atoms with van der Waals surface area (Å²) in [5.41, 5.74) is 0. The van der Waals surface area contributed by atoms with Crippen LogP contribution < -0.4 is 0 Å². The quantitative estimate of drug-likeness (QED) is 0.503. The van der Waals surface area contributed by atoms with Crippen LogP contribution in [-0.2, 0) is 4.74 Å². The predicted octanol–water partition coefficient (Wildman–Crippen LogP) is 3.37. The number of unbranched alkanes of at least 4 members (excludes halogenated alkanes) is 6. The first kappa shape index (κ1) is 15.3. The molecule has 102 valence electrons. The van der Waals surface area contributed by atoms with E-state index in [2.05, 4.69) is 24.5 Å². The number of nitrogens with zero attached hydrogens (tertiary/aromatic N) is 1. The molecule has 1 rings (SSSR count). The van der Waals surface area contributed by atoms with Crippen molar-refractivity contribution in [1.82, 2.24) is 4.90 Å². The average Bonchev–Trinajstić information content (AvgIpc) is 2.33. The molecule has 1 heterocycles. The van der Waals surface area contributed by atoms with E-state index in [0.29, 0.717) is 6.10 Å². The SMILES string of the molecule is CC1CN(CCCCCCCCCS)CCO1. The van der Waals surface area contributed by atoms with Crippen LogP contribution in [0.25, 0.3) is 0 Å². The van der Waals surface area contributed by atoms with E-state index in [9.17, 15) is 0 Å². The fourth-order valence-electron chi connectivity index (χ4n) is 2.42. The minimum atomic E-state index is 0.435. The van der Waals surface area contributed by atoms with Crippen molar-refractivity contribution >= 4 is 12.6 Å². The first-order valence-electron chi connectivity index (χ1n) is 7.27. The summed E-state index contributed by atoms with van der Waals surface area (Å²) in [5, 5.41) is 0. The maximum absolute atomic E-state index is 5.54. The Labute approximate surface area is 113 Å². The summed E-state index contributed by atoms with van der Waals surface area (Å²) in [6.45, 7) is 6.62.